The van der Waals surface area contributed by atoms with Crippen LogP contribution >= 0.6 is 0 Å². The van der Waals surface area contributed by atoms with Crippen molar-refractivity contribution in [3.05, 3.63) is 77.2 Å². The number of nitrogens with zero attached hydrogens (tertiary/aromatic N) is 5. The van der Waals surface area contributed by atoms with E-state index in [1.807, 2.05) is 0 Å². The van der Waals surface area contributed by atoms with Crippen molar-refractivity contribution < 1.29 is 12.8 Å². The third-order valence-corrected chi connectivity index (χ3v) is 6.42. The minimum Gasteiger partial charge on any atom is -0.463 e. The van der Waals surface area contributed by atoms with Crippen molar-refractivity contribution in [2.45, 2.75) is 16.5 Å². The minimum atomic E-state index is -3.78. The number of pyridine rings is 1. The van der Waals surface area contributed by atoms with E-state index >= 15 is 0 Å². The van der Waals surface area contributed by atoms with Gasteiger partial charge in [-0.3, -0.25) is 9.48 Å². The number of sulfone groups is 1. The Morgan fingerprint density at radius 2 is 1.97 bits per heavy atom. The predicted molar refractivity (Wildman–Crippen MR) is 108 cm³/mol. The highest BCUT2D eigenvalue weighted by atomic mass is 32.2. The Labute approximate surface area is 170 Å². The van der Waals surface area contributed by atoms with Crippen LogP contribution in [0.15, 0.2) is 80.3 Å². The molecule has 0 bridgehead atoms. The summed E-state index contributed by atoms with van der Waals surface area (Å²) < 4.78 is 33.5. The molecule has 0 spiro atoms. The fourth-order valence-electron chi connectivity index (χ4n) is 3.24. The van der Waals surface area contributed by atoms with Crippen LogP contribution < -0.4 is 5.56 Å². The molecule has 9 nitrogen and oxygen atoms in total. The predicted octanol–water partition coefficient (Wildman–Crippen LogP) is 2.15. The molecule has 4 heterocycles. The number of hydrogen-bond donors (Lipinski definition) is 0. The molecular weight excluding hydrogens is 406 g/mol. The molecule has 0 amide bonds. The fraction of sp³-hybridized carbons (Fsp3) is 0.100. The molecule has 0 aliphatic heterocycles. The van der Waals surface area contributed by atoms with Crippen molar-refractivity contribution in [3.8, 4) is 0 Å². The molecule has 0 aliphatic rings. The first-order valence-electron chi connectivity index (χ1n) is 8.99. The van der Waals surface area contributed by atoms with Gasteiger partial charge in [0.2, 0.25) is 9.84 Å². The monoisotopic (exact) mass is 421 g/mol. The maximum absolute atomic E-state index is 12.9. The molecule has 5 rings (SSSR count). The summed E-state index contributed by atoms with van der Waals surface area (Å²) in [6.07, 6.45) is 4.59. The molecule has 0 fully saturated rings. The molecule has 0 N–H and O–H groups in total. The van der Waals surface area contributed by atoms with Gasteiger partial charge in [-0.1, -0.05) is 0 Å². The van der Waals surface area contributed by atoms with Crippen LogP contribution in [0.4, 0.5) is 0 Å². The highest BCUT2D eigenvalue weighted by molar-refractivity contribution is 7.91. The lowest BCUT2D eigenvalue weighted by molar-refractivity contribution is 0.588. The quantitative estimate of drug-likeness (QED) is 0.437. The van der Waals surface area contributed by atoms with Crippen LogP contribution in [0, 0.1) is 0 Å². The SMILES string of the molecule is Cn1ccc(S(=O)(=O)c2ccc3c(=O)n(Cc4ccc5occc5n4)ncc3c2)n1. The number of aryl methyl sites for hydroxylation is 1. The standard InChI is InChI=1S/C20H15N5O4S/c1-24-8-6-19(23-24)30(27,28)15-3-4-16-13(10-15)11-21-25(20(16)26)12-14-2-5-18-17(22-14)7-9-29-18/h2-11H,12H2,1H3. The molecular formula is C20H15N5O4S. The lowest BCUT2D eigenvalue weighted by Crippen LogP contribution is -2.23. The van der Waals surface area contributed by atoms with E-state index < -0.39 is 9.84 Å². The van der Waals surface area contributed by atoms with Crippen molar-refractivity contribution in [3.63, 3.8) is 0 Å². The van der Waals surface area contributed by atoms with Gasteiger partial charge in [0.25, 0.3) is 5.56 Å². The third-order valence-electron chi connectivity index (χ3n) is 4.78. The first-order chi connectivity index (χ1) is 14.4. The summed E-state index contributed by atoms with van der Waals surface area (Å²) in [6.45, 7) is 0.184. The first-order valence-corrected chi connectivity index (χ1v) is 10.5. The molecule has 0 atom stereocenters. The Hall–Kier alpha value is -3.79. The molecule has 0 unspecified atom stereocenters. The van der Waals surface area contributed by atoms with Gasteiger partial charge >= 0.3 is 0 Å². The van der Waals surface area contributed by atoms with Gasteiger partial charge in [0, 0.05) is 24.7 Å². The van der Waals surface area contributed by atoms with Crippen molar-refractivity contribution >= 4 is 31.7 Å². The second-order valence-electron chi connectivity index (χ2n) is 6.79. The third kappa shape index (κ3) is 2.98. The maximum atomic E-state index is 12.9. The van der Waals surface area contributed by atoms with Crippen LogP contribution in [-0.4, -0.2) is 33.0 Å². The van der Waals surface area contributed by atoms with Gasteiger partial charge in [-0.2, -0.15) is 10.2 Å². The molecule has 0 aliphatic carbocycles. The van der Waals surface area contributed by atoms with Gasteiger partial charge in [-0.15, -0.1) is 0 Å². The van der Waals surface area contributed by atoms with E-state index in [1.165, 1.54) is 39.8 Å². The number of hydrogen-bond acceptors (Lipinski definition) is 7. The maximum Gasteiger partial charge on any atom is 0.274 e. The van der Waals surface area contributed by atoms with Crippen LogP contribution in [0.25, 0.3) is 21.9 Å². The summed E-state index contributed by atoms with van der Waals surface area (Å²) in [7, 11) is -2.14. The van der Waals surface area contributed by atoms with Gasteiger partial charge in [0.1, 0.15) is 5.52 Å². The molecule has 4 aromatic heterocycles. The molecule has 10 heteroatoms. The van der Waals surface area contributed by atoms with Crippen molar-refractivity contribution in [1.29, 1.82) is 0 Å². The van der Waals surface area contributed by atoms with Crippen LogP contribution in [0.5, 0.6) is 0 Å². The zero-order valence-electron chi connectivity index (χ0n) is 15.8. The summed E-state index contributed by atoms with van der Waals surface area (Å²) in [4.78, 5) is 17.4. The average Bonchev–Trinajstić information content (AvgIpc) is 3.38. The number of aromatic nitrogens is 5. The van der Waals surface area contributed by atoms with Crippen LogP contribution in [0.3, 0.4) is 0 Å². The Balaban J connectivity index is 1.53. The summed E-state index contributed by atoms with van der Waals surface area (Å²) in [5.74, 6) is 0. The molecule has 1 aromatic carbocycles. The second-order valence-corrected chi connectivity index (χ2v) is 8.69. The molecule has 5 aromatic rings. The van der Waals surface area contributed by atoms with Gasteiger partial charge in [0.05, 0.1) is 35.0 Å². The second kappa shape index (κ2) is 6.63. The summed E-state index contributed by atoms with van der Waals surface area (Å²) >= 11 is 0. The number of rotatable bonds is 4. The van der Waals surface area contributed by atoms with Gasteiger partial charge < -0.3 is 4.42 Å². The number of fused-ring (bicyclic) bond motifs is 2. The van der Waals surface area contributed by atoms with E-state index in [1.54, 1.807) is 37.7 Å². The Morgan fingerprint density at radius 3 is 2.77 bits per heavy atom. The normalized spacial score (nSPS) is 12.0. The number of benzene rings is 1. The highest BCUT2D eigenvalue weighted by Crippen LogP contribution is 2.22. The Morgan fingerprint density at radius 1 is 1.10 bits per heavy atom. The Bertz CT molecular complexity index is 1580. The summed E-state index contributed by atoms with van der Waals surface area (Å²) in [5, 5.41) is 8.92. The van der Waals surface area contributed by atoms with E-state index in [9.17, 15) is 13.2 Å². The van der Waals surface area contributed by atoms with E-state index in [4.69, 9.17) is 4.42 Å². The van der Waals surface area contributed by atoms with Crippen LogP contribution in [0.1, 0.15) is 5.69 Å². The fourth-order valence-corrected chi connectivity index (χ4v) is 4.49. The van der Waals surface area contributed by atoms with Crippen molar-refractivity contribution in [1.82, 2.24) is 24.5 Å². The van der Waals surface area contributed by atoms with Crippen molar-refractivity contribution in [2.24, 2.45) is 7.05 Å². The highest BCUT2D eigenvalue weighted by Gasteiger charge is 2.21. The topological polar surface area (TPSA) is 113 Å². The molecule has 30 heavy (non-hydrogen) atoms. The Kier molecular flexibility index (Phi) is 4.03. The lowest BCUT2D eigenvalue weighted by Gasteiger charge is -2.07. The molecule has 0 radical (unpaired) electrons. The van der Waals surface area contributed by atoms with E-state index in [-0.39, 0.29) is 22.0 Å². The largest absolute Gasteiger partial charge is 0.463 e. The first kappa shape index (κ1) is 18.3. The average molecular weight is 421 g/mol. The molecule has 0 saturated carbocycles. The molecule has 0 saturated heterocycles. The molecule has 150 valence electrons. The van der Waals surface area contributed by atoms with Gasteiger partial charge in [0.15, 0.2) is 10.6 Å². The zero-order chi connectivity index (χ0) is 20.9. The smallest absolute Gasteiger partial charge is 0.274 e. The van der Waals surface area contributed by atoms with E-state index in [2.05, 4.69) is 15.2 Å². The van der Waals surface area contributed by atoms with Crippen LogP contribution in [-0.2, 0) is 23.4 Å². The van der Waals surface area contributed by atoms with Gasteiger partial charge in [-0.25, -0.2) is 18.1 Å². The van der Waals surface area contributed by atoms with Gasteiger partial charge in [-0.05, 0) is 36.4 Å². The van der Waals surface area contributed by atoms with E-state index in [0.717, 1.165) is 0 Å². The zero-order valence-corrected chi connectivity index (χ0v) is 16.6. The lowest BCUT2D eigenvalue weighted by atomic mass is 10.2. The summed E-state index contributed by atoms with van der Waals surface area (Å²) in [5.41, 5.74) is 1.69. The minimum absolute atomic E-state index is 0.0497. The van der Waals surface area contributed by atoms with E-state index in [0.29, 0.717) is 27.6 Å². The van der Waals surface area contributed by atoms with Crippen molar-refractivity contribution in [2.75, 3.05) is 0 Å². The van der Waals surface area contributed by atoms with Crippen LogP contribution in [0.2, 0.25) is 0 Å². The summed E-state index contributed by atoms with van der Waals surface area (Å²) in [6, 6.07) is 11.1. The number of furan rings is 1.